The third-order valence-electron chi connectivity index (χ3n) is 0.758. The second kappa shape index (κ2) is 2.92. The fourth-order valence-corrected chi connectivity index (χ4v) is 0.335. The smallest absolute Gasteiger partial charge is 0.303 e. The van der Waals surface area contributed by atoms with Crippen LogP contribution in [-0.2, 0) is 4.79 Å². The molecule has 2 nitrogen and oxygen atoms in total. The van der Waals surface area contributed by atoms with Crippen molar-refractivity contribution in [2.75, 3.05) is 6.54 Å². The summed E-state index contributed by atoms with van der Waals surface area (Å²) in [5.74, 6) is 0. The van der Waals surface area contributed by atoms with E-state index < -0.39 is 6.04 Å². The predicted molar refractivity (Wildman–Crippen MR) is 33.9 cm³/mol. The number of carbonyl (C=O) groups is 1. The van der Waals surface area contributed by atoms with E-state index in [1.807, 2.05) is 20.8 Å². The van der Waals surface area contributed by atoms with Gasteiger partial charge in [0.05, 0.1) is 6.54 Å². The van der Waals surface area contributed by atoms with Crippen molar-refractivity contribution < 1.29 is 9.18 Å². The van der Waals surface area contributed by atoms with Crippen molar-refractivity contribution >= 4 is 6.04 Å². The molecule has 0 amide bonds. The molecule has 0 aromatic carbocycles. The van der Waals surface area contributed by atoms with Crippen LogP contribution < -0.4 is 5.32 Å². The minimum Gasteiger partial charge on any atom is -0.303 e. The standard InChI is InChI=1S/C6H12FNO/c1-6(2,3)8-4-5(7)9/h8H,4H2,1-3H3. The number of halogens is 1. The molecule has 0 saturated carbocycles. The van der Waals surface area contributed by atoms with Crippen molar-refractivity contribution in [2.24, 2.45) is 0 Å². The molecule has 0 aliphatic carbocycles. The molecular weight excluding hydrogens is 121 g/mol. The SMILES string of the molecule is CC(C)(C)NCC(=O)F. The molecule has 0 radical (unpaired) electrons. The van der Waals surface area contributed by atoms with Gasteiger partial charge in [-0.1, -0.05) is 0 Å². The predicted octanol–water partition coefficient (Wildman–Crippen LogP) is 0.871. The highest BCUT2D eigenvalue weighted by molar-refractivity contribution is 5.70. The van der Waals surface area contributed by atoms with E-state index in [1.54, 1.807) is 0 Å². The molecule has 0 saturated heterocycles. The molecule has 0 atom stereocenters. The number of hydrogen-bond donors (Lipinski definition) is 1. The zero-order valence-electron chi connectivity index (χ0n) is 5.99. The Morgan fingerprint density at radius 3 is 2.11 bits per heavy atom. The first-order chi connectivity index (χ1) is 3.92. The summed E-state index contributed by atoms with van der Waals surface area (Å²) in [5.41, 5.74) is -0.179. The third kappa shape index (κ3) is 7.56. The van der Waals surface area contributed by atoms with Gasteiger partial charge in [0.1, 0.15) is 0 Å². The fourth-order valence-electron chi connectivity index (χ4n) is 0.335. The van der Waals surface area contributed by atoms with Crippen LogP contribution in [0.3, 0.4) is 0 Å². The van der Waals surface area contributed by atoms with Gasteiger partial charge in [-0.2, -0.15) is 4.39 Å². The molecule has 0 aromatic heterocycles. The molecule has 0 aliphatic heterocycles. The third-order valence-corrected chi connectivity index (χ3v) is 0.758. The van der Waals surface area contributed by atoms with E-state index >= 15 is 0 Å². The van der Waals surface area contributed by atoms with Crippen LogP contribution in [0.5, 0.6) is 0 Å². The highest BCUT2D eigenvalue weighted by atomic mass is 19.1. The number of hydrogen-bond acceptors (Lipinski definition) is 2. The first-order valence-corrected chi connectivity index (χ1v) is 2.85. The minimum absolute atomic E-state index is 0.179. The summed E-state index contributed by atoms with van der Waals surface area (Å²) >= 11 is 0. The summed E-state index contributed by atoms with van der Waals surface area (Å²) in [6.45, 7) is 5.42. The van der Waals surface area contributed by atoms with Crippen molar-refractivity contribution in [1.29, 1.82) is 0 Å². The van der Waals surface area contributed by atoms with Gasteiger partial charge in [0.15, 0.2) is 0 Å². The van der Waals surface area contributed by atoms with E-state index in [0.29, 0.717) is 0 Å². The second-order valence-electron chi connectivity index (χ2n) is 2.96. The largest absolute Gasteiger partial charge is 0.315 e. The summed E-state index contributed by atoms with van der Waals surface area (Å²) in [4.78, 5) is 9.76. The summed E-state index contributed by atoms with van der Waals surface area (Å²) in [7, 11) is 0. The van der Waals surface area contributed by atoms with Crippen molar-refractivity contribution in [3.63, 3.8) is 0 Å². The molecule has 0 aliphatic rings. The van der Waals surface area contributed by atoms with Crippen molar-refractivity contribution in [1.82, 2.24) is 5.32 Å². The molecule has 0 fully saturated rings. The van der Waals surface area contributed by atoms with Gasteiger partial charge >= 0.3 is 6.04 Å². The monoisotopic (exact) mass is 133 g/mol. The van der Waals surface area contributed by atoms with E-state index in [4.69, 9.17) is 0 Å². The Hall–Kier alpha value is -0.440. The Bertz CT molecular complexity index is 106. The maximum Gasteiger partial charge on any atom is 0.315 e. The highest BCUT2D eigenvalue weighted by Crippen LogP contribution is 1.96. The first kappa shape index (κ1) is 8.56. The first-order valence-electron chi connectivity index (χ1n) is 2.85. The molecule has 0 unspecified atom stereocenters. The Morgan fingerprint density at radius 2 is 2.00 bits per heavy atom. The molecule has 9 heavy (non-hydrogen) atoms. The van der Waals surface area contributed by atoms with Crippen molar-refractivity contribution in [2.45, 2.75) is 26.3 Å². The molecule has 3 heteroatoms. The lowest BCUT2D eigenvalue weighted by Crippen LogP contribution is -2.38. The van der Waals surface area contributed by atoms with E-state index in [1.165, 1.54) is 0 Å². The van der Waals surface area contributed by atoms with Gasteiger partial charge in [0.25, 0.3) is 0 Å². The minimum atomic E-state index is -1.31. The van der Waals surface area contributed by atoms with Crippen LogP contribution >= 0.6 is 0 Å². The zero-order valence-corrected chi connectivity index (χ0v) is 5.99. The summed E-state index contributed by atoms with van der Waals surface area (Å²) < 4.78 is 11.5. The molecule has 0 heterocycles. The van der Waals surface area contributed by atoms with Crippen LogP contribution in [0.1, 0.15) is 20.8 Å². The van der Waals surface area contributed by atoms with Crippen LogP contribution in [0.4, 0.5) is 4.39 Å². The van der Waals surface area contributed by atoms with Gasteiger partial charge in [0, 0.05) is 5.54 Å². The van der Waals surface area contributed by atoms with Gasteiger partial charge < -0.3 is 5.32 Å². The van der Waals surface area contributed by atoms with Crippen LogP contribution in [0.15, 0.2) is 0 Å². The highest BCUT2D eigenvalue weighted by Gasteiger charge is 2.09. The van der Waals surface area contributed by atoms with Gasteiger partial charge in [-0.05, 0) is 20.8 Å². The summed E-state index contributed by atoms with van der Waals surface area (Å²) in [6.07, 6.45) is 0. The zero-order chi connectivity index (χ0) is 7.49. The molecule has 0 rings (SSSR count). The van der Waals surface area contributed by atoms with Gasteiger partial charge in [0.2, 0.25) is 0 Å². The Morgan fingerprint density at radius 1 is 1.56 bits per heavy atom. The van der Waals surface area contributed by atoms with E-state index in [-0.39, 0.29) is 12.1 Å². The molecule has 0 bridgehead atoms. The number of rotatable bonds is 2. The van der Waals surface area contributed by atoms with Crippen molar-refractivity contribution in [3.8, 4) is 0 Å². The fraction of sp³-hybridized carbons (Fsp3) is 0.833. The summed E-state index contributed by atoms with van der Waals surface area (Å²) in [6, 6.07) is -1.31. The van der Waals surface area contributed by atoms with E-state index in [0.717, 1.165) is 0 Å². The maximum atomic E-state index is 11.5. The van der Waals surface area contributed by atoms with E-state index in [2.05, 4.69) is 5.32 Å². The Kier molecular flexibility index (Phi) is 2.77. The normalized spacial score (nSPS) is 11.6. The molecule has 0 aromatic rings. The van der Waals surface area contributed by atoms with Crippen LogP contribution in [0, 0.1) is 0 Å². The number of nitrogens with one attached hydrogen (secondary N) is 1. The summed E-state index contributed by atoms with van der Waals surface area (Å²) in [5, 5.41) is 2.70. The maximum absolute atomic E-state index is 11.5. The van der Waals surface area contributed by atoms with Gasteiger partial charge in [-0.15, -0.1) is 0 Å². The Labute approximate surface area is 54.4 Å². The quantitative estimate of drug-likeness (QED) is 0.566. The van der Waals surface area contributed by atoms with E-state index in [9.17, 15) is 9.18 Å². The number of carbonyl (C=O) groups excluding carboxylic acids is 1. The second-order valence-corrected chi connectivity index (χ2v) is 2.96. The van der Waals surface area contributed by atoms with Crippen molar-refractivity contribution in [3.05, 3.63) is 0 Å². The molecule has 54 valence electrons. The van der Waals surface area contributed by atoms with Crippen LogP contribution in [0.2, 0.25) is 0 Å². The lowest BCUT2D eigenvalue weighted by atomic mass is 10.1. The average molecular weight is 133 g/mol. The lowest BCUT2D eigenvalue weighted by molar-refractivity contribution is -0.128. The Balaban J connectivity index is 3.39. The molecule has 1 N–H and O–H groups in total. The lowest BCUT2D eigenvalue weighted by Gasteiger charge is -2.18. The topological polar surface area (TPSA) is 29.1 Å². The molecule has 0 spiro atoms. The van der Waals surface area contributed by atoms with Crippen LogP contribution in [0.25, 0.3) is 0 Å². The van der Waals surface area contributed by atoms with Gasteiger partial charge in [-0.3, -0.25) is 4.79 Å². The average Bonchev–Trinajstić information content (AvgIpc) is 1.59. The molecular formula is C6H12FNO. The van der Waals surface area contributed by atoms with Crippen LogP contribution in [-0.4, -0.2) is 18.1 Å². The van der Waals surface area contributed by atoms with Gasteiger partial charge in [-0.25, -0.2) is 0 Å².